The molecule has 1 aliphatic heterocycles. The SMILES string of the molecule is CC(C)[C@H](NC(=O)CCCCCN1C(=O)C=CC1=O)C(=O)N(CC[Si](C)(C)C)[C@@H](C)C(=O)N[C@@H](CCCCN)C(=O)O. The number of nitrogens with zero attached hydrogens (tertiary/aromatic N) is 2. The largest absolute Gasteiger partial charge is 0.480 e. The van der Waals surface area contributed by atoms with Crippen molar-refractivity contribution in [1.29, 1.82) is 0 Å². The number of imide groups is 1. The first-order valence-corrected chi connectivity index (χ1v) is 18.7. The molecule has 238 valence electrons. The van der Waals surface area contributed by atoms with Crippen molar-refractivity contribution in [3.63, 3.8) is 0 Å². The van der Waals surface area contributed by atoms with Crippen molar-refractivity contribution in [2.45, 2.75) is 110 Å². The summed E-state index contributed by atoms with van der Waals surface area (Å²) < 4.78 is 0. The van der Waals surface area contributed by atoms with E-state index in [1.807, 2.05) is 13.8 Å². The first-order chi connectivity index (χ1) is 19.6. The molecule has 0 saturated heterocycles. The van der Waals surface area contributed by atoms with Crippen LogP contribution in [0, 0.1) is 5.92 Å². The number of carboxylic acid groups (broad SMARTS) is 1. The van der Waals surface area contributed by atoms with E-state index < -0.39 is 38.1 Å². The molecule has 5 N–H and O–H groups in total. The summed E-state index contributed by atoms with van der Waals surface area (Å²) in [5.41, 5.74) is 5.51. The molecule has 0 spiro atoms. The Labute approximate surface area is 250 Å². The highest BCUT2D eigenvalue weighted by Crippen LogP contribution is 2.16. The Hall–Kier alpha value is -3.06. The molecule has 42 heavy (non-hydrogen) atoms. The van der Waals surface area contributed by atoms with Gasteiger partial charge in [-0.05, 0) is 57.5 Å². The first kappa shape index (κ1) is 37.0. The second kappa shape index (κ2) is 17.8. The molecule has 0 saturated carbocycles. The summed E-state index contributed by atoms with van der Waals surface area (Å²) in [6.07, 6.45) is 5.79. The molecule has 1 aliphatic rings. The molecule has 0 aromatic heterocycles. The fraction of sp³-hybridized carbons (Fsp3) is 0.724. The molecule has 0 fully saturated rings. The maximum Gasteiger partial charge on any atom is 0.326 e. The molecule has 0 aromatic carbocycles. The van der Waals surface area contributed by atoms with Gasteiger partial charge in [0.15, 0.2) is 0 Å². The summed E-state index contributed by atoms with van der Waals surface area (Å²) in [7, 11) is -1.62. The lowest BCUT2D eigenvalue weighted by molar-refractivity contribution is -0.146. The van der Waals surface area contributed by atoms with Gasteiger partial charge < -0.3 is 26.4 Å². The number of hydrogen-bond donors (Lipinski definition) is 4. The molecule has 5 amide bonds. The van der Waals surface area contributed by atoms with Gasteiger partial charge in [0, 0.05) is 39.7 Å². The van der Waals surface area contributed by atoms with Crippen LogP contribution in [-0.2, 0) is 28.8 Å². The molecule has 1 rings (SSSR count). The van der Waals surface area contributed by atoms with Crippen molar-refractivity contribution >= 4 is 43.6 Å². The van der Waals surface area contributed by atoms with Crippen LogP contribution in [0.1, 0.15) is 65.7 Å². The van der Waals surface area contributed by atoms with Gasteiger partial charge in [-0.2, -0.15) is 0 Å². The summed E-state index contributed by atoms with van der Waals surface area (Å²) in [5, 5.41) is 15.0. The zero-order valence-electron chi connectivity index (χ0n) is 26.1. The van der Waals surface area contributed by atoms with Crippen molar-refractivity contribution in [2.75, 3.05) is 19.6 Å². The van der Waals surface area contributed by atoms with E-state index in [0.717, 1.165) is 6.04 Å². The van der Waals surface area contributed by atoms with Gasteiger partial charge in [0.05, 0.1) is 0 Å². The monoisotopic (exact) mass is 609 g/mol. The van der Waals surface area contributed by atoms with E-state index in [1.54, 1.807) is 6.92 Å². The minimum Gasteiger partial charge on any atom is -0.480 e. The smallest absolute Gasteiger partial charge is 0.326 e. The highest BCUT2D eigenvalue weighted by Gasteiger charge is 2.35. The van der Waals surface area contributed by atoms with Gasteiger partial charge in [-0.1, -0.05) is 39.9 Å². The van der Waals surface area contributed by atoms with Crippen LogP contribution in [0.2, 0.25) is 25.7 Å². The van der Waals surface area contributed by atoms with E-state index in [9.17, 15) is 33.9 Å². The molecular formula is C29H51N5O7Si. The van der Waals surface area contributed by atoms with E-state index in [-0.39, 0.29) is 42.4 Å². The third kappa shape index (κ3) is 12.8. The van der Waals surface area contributed by atoms with E-state index in [4.69, 9.17) is 5.73 Å². The summed E-state index contributed by atoms with van der Waals surface area (Å²) >= 11 is 0. The quantitative estimate of drug-likeness (QED) is 0.0917. The number of rotatable bonds is 20. The number of carboxylic acids is 1. The summed E-state index contributed by atoms with van der Waals surface area (Å²) in [6, 6.07) is -2.15. The maximum absolute atomic E-state index is 13.8. The molecule has 3 atom stereocenters. The van der Waals surface area contributed by atoms with Crippen LogP contribution in [0.5, 0.6) is 0 Å². The number of nitrogens with two attached hydrogens (primary N) is 1. The lowest BCUT2D eigenvalue weighted by atomic mass is 10.0. The van der Waals surface area contributed by atoms with Crippen molar-refractivity contribution in [3.05, 3.63) is 12.2 Å². The Morgan fingerprint density at radius 3 is 2.10 bits per heavy atom. The maximum atomic E-state index is 13.8. The summed E-state index contributed by atoms with van der Waals surface area (Å²) in [5.74, 6) is -3.30. The zero-order chi connectivity index (χ0) is 32.0. The number of unbranched alkanes of at least 4 members (excludes halogenated alkanes) is 3. The van der Waals surface area contributed by atoms with Gasteiger partial charge in [0.25, 0.3) is 11.8 Å². The normalized spacial score (nSPS) is 15.5. The van der Waals surface area contributed by atoms with Crippen LogP contribution >= 0.6 is 0 Å². The highest BCUT2D eigenvalue weighted by molar-refractivity contribution is 6.76. The van der Waals surface area contributed by atoms with Crippen LogP contribution in [0.3, 0.4) is 0 Å². The van der Waals surface area contributed by atoms with Crippen molar-refractivity contribution in [1.82, 2.24) is 20.4 Å². The number of hydrogen-bond acceptors (Lipinski definition) is 7. The Morgan fingerprint density at radius 2 is 1.57 bits per heavy atom. The minimum absolute atomic E-state index is 0.171. The molecule has 1 heterocycles. The molecule has 0 aliphatic carbocycles. The molecule has 12 nitrogen and oxygen atoms in total. The van der Waals surface area contributed by atoms with E-state index in [1.165, 1.54) is 22.0 Å². The van der Waals surface area contributed by atoms with Gasteiger partial charge in [0.1, 0.15) is 18.1 Å². The number of amides is 5. The number of carbonyl (C=O) groups is 6. The Balaban J connectivity index is 2.87. The second-order valence-corrected chi connectivity index (χ2v) is 18.1. The molecule has 0 aromatic rings. The highest BCUT2D eigenvalue weighted by atomic mass is 28.3. The fourth-order valence-corrected chi connectivity index (χ4v) is 5.37. The fourth-order valence-electron chi connectivity index (χ4n) is 4.46. The van der Waals surface area contributed by atoms with Crippen molar-refractivity contribution in [2.24, 2.45) is 11.7 Å². The average molecular weight is 610 g/mol. The predicted molar refractivity (Wildman–Crippen MR) is 163 cm³/mol. The third-order valence-electron chi connectivity index (χ3n) is 7.23. The van der Waals surface area contributed by atoms with E-state index >= 15 is 0 Å². The van der Waals surface area contributed by atoms with Gasteiger partial charge in [-0.3, -0.25) is 28.9 Å². The topological polar surface area (TPSA) is 179 Å². The number of carbonyl (C=O) groups excluding carboxylic acids is 5. The van der Waals surface area contributed by atoms with Crippen LogP contribution < -0.4 is 16.4 Å². The average Bonchev–Trinajstić information content (AvgIpc) is 3.22. The third-order valence-corrected chi connectivity index (χ3v) is 8.95. The van der Waals surface area contributed by atoms with Crippen molar-refractivity contribution < 1.29 is 33.9 Å². The summed E-state index contributed by atoms with van der Waals surface area (Å²) in [6.45, 7) is 12.7. The second-order valence-electron chi connectivity index (χ2n) is 12.5. The Bertz CT molecular complexity index is 977. The molecule has 0 radical (unpaired) electrons. The van der Waals surface area contributed by atoms with Crippen LogP contribution in [0.15, 0.2) is 12.2 Å². The van der Waals surface area contributed by atoms with Gasteiger partial charge in [-0.15, -0.1) is 0 Å². The van der Waals surface area contributed by atoms with Crippen LogP contribution in [0.25, 0.3) is 0 Å². The molecular weight excluding hydrogens is 558 g/mol. The first-order valence-electron chi connectivity index (χ1n) is 15.0. The van der Waals surface area contributed by atoms with Gasteiger partial charge in [-0.25, -0.2) is 4.79 Å². The standard InChI is InChI=1S/C29H51N5O7Si/c1-20(2)26(32-23(35)13-8-7-11-17-34-24(36)14-15-25(34)37)28(39)33(18-19-42(4,5)6)21(3)27(38)31-22(29(40)41)12-9-10-16-30/h14-15,20-22,26H,7-13,16-19,30H2,1-6H3,(H,31,38)(H,32,35)(H,40,41)/t21-,22-,26-/m0/s1. The molecule has 0 bridgehead atoms. The van der Waals surface area contributed by atoms with E-state index in [0.29, 0.717) is 51.7 Å². The lowest BCUT2D eigenvalue weighted by Crippen LogP contribution is -2.58. The molecule has 0 unspecified atom stereocenters. The Morgan fingerprint density at radius 1 is 0.952 bits per heavy atom. The molecule has 13 heteroatoms. The summed E-state index contributed by atoms with van der Waals surface area (Å²) in [4.78, 5) is 77.5. The van der Waals surface area contributed by atoms with Crippen molar-refractivity contribution in [3.8, 4) is 0 Å². The lowest BCUT2D eigenvalue weighted by Gasteiger charge is -2.35. The zero-order valence-corrected chi connectivity index (χ0v) is 27.1. The predicted octanol–water partition coefficient (Wildman–Crippen LogP) is 1.87. The number of aliphatic carboxylic acids is 1. The Kier molecular flexibility index (Phi) is 15.7. The van der Waals surface area contributed by atoms with Gasteiger partial charge in [0.2, 0.25) is 17.7 Å². The van der Waals surface area contributed by atoms with E-state index in [2.05, 4.69) is 30.3 Å². The van der Waals surface area contributed by atoms with Gasteiger partial charge >= 0.3 is 5.97 Å². The number of nitrogens with one attached hydrogen (secondary N) is 2. The minimum atomic E-state index is -1.62. The van der Waals surface area contributed by atoms with Crippen LogP contribution in [0.4, 0.5) is 0 Å². The van der Waals surface area contributed by atoms with Crippen LogP contribution in [-0.4, -0.2) is 96.2 Å².